The van der Waals surface area contributed by atoms with Crippen molar-refractivity contribution in [2.45, 2.75) is 52.4 Å². The van der Waals surface area contributed by atoms with Gasteiger partial charge in [-0.1, -0.05) is 39.5 Å². The molecule has 0 aliphatic carbocycles. The zero-order valence-corrected chi connectivity index (χ0v) is 10.00. The van der Waals surface area contributed by atoms with Crippen molar-refractivity contribution >= 4 is 5.91 Å². The second-order valence-electron chi connectivity index (χ2n) is 4.28. The molecule has 1 saturated heterocycles. The van der Waals surface area contributed by atoms with Gasteiger partial charge in [-0.3, -0.25) is 9.63 Å². The fraction of sp³-hybridized carbons (Fsp3) is 0.917. The van der Waals surface area contributed by atoms with Gasteiger partial charge in [0.1, 0.15) is 0 Å². The Labute approximate surface area is 92.7 Å². The molecule has 1 aliphatic rings. The average Bonchev–Trinajstić information content (AvgIpc) is 2.25. The van der Waals surface area contributed by atoms with E-state index < -0.39 is 0 Å². The number of hydrogen-bond acceptors (Lipinski definition) is 2. The van der Waals surface area contributed by atoms with Gasteiger partial charge in [-0.2, -0.15) is 0 Å². The molecule has 88 valence electrons. The number of hydroxylamine groups is 2. The van der Waals surface area contributed by atoms with Gasteiger partial charge in [0, 0.05) is 0 Å². The van der Waals surface area contributed by atoms with Crippen molar-refractivity contribution in [3.63, 3.8) is 0 Å². The maximum atomic E-state index is 11.6. The van der Waals surface area contributed by atoms with Gasteiger partial charge < -0.3 is 0 Å². The van der Waals surface area contributed by atoms with E-state index in [1.165, 1.54) is 24.3 Å². The van der Waals surface area contributed by atoms with Crippen molar-refractivity contribution in [2.75, 3.05) is 13.2 Å². The number of carbonyl (C=O) groups is 1. The van der Waals surface area contributed by atoms with Crippen LogP contribution in [0.2, 0.25) is 0 Å². The first-order valence-electron chi connectivity index (χ1n) is 6.23. The molecule has 1 rings (SSSR count). The summed E-state index contributed by atoms with van der Waals surface area (Å²) >= 11 is 0. The molecule has 15 heavy (non-hydrogen) atoms. The molecule has 0 N–H and O–H groups in total. The van der Waals surface area contributed by atoms with E-state index in [0.29, 0.717) is 6.61 Å². The first-order valence-corrected chi connectivity index (χ1v) is 6.23. The minimum atomic E-state index is 0.196. The number of β-lactam (4-membered cyclic amide) rings is 1. The van der Waals surface area contributed by atoms with Crippen LogP contribution in [-0.4, -0.2) is 24.1 Å². The Hall–Kier alpha value is -0.570. The number of rotatable bonds is 8. The van der Waals surface area contributed by atoms with Crippen molar-refractivity contribution in [2.24, 2.45) is 5.92 Å². The lowest BCUT2D eigenvalue weighted by Crippen LogP contribution is -2.52. The molecule has 1 amide bonds. The fourth-order valence-corrected chi connectivity index (χ4v) is 1.75. The van der Waals surface area contributed by atoms with Crippen LogP contribution in [0.3, 0.4) is 0 Å². The predicted octanol–water partition coefficient (Wildman–Crippen LogP) is 2.76. The Kier molecular flexibility index (Phi) is 5.69. The third-order valence-corrected chi connectivity index (χ3v) is 2.88. The van der Waals surface area contributed by atoms with Gasteiger partial charge in [-0.05, 0) is 12.8 Å². The molecule has 0 aromatic heterocycles. The van der Waals surface area contributed by atoms with Crippen LogP contribution in [0.25, 0.3) is 0 Å². The van der Waals surface area contributed by atoms with Crippen molar-refractivity contribution in [1.82, 2.24) is 5.06 Å². The van der Waals surface area contributed by atoms with E-state index in [9.17, 15) is 4.79 Å². The van der Waals surface area contributed by atoms with E-state index >= 15 is 0 Å². The summed E-state index contributed by atoms with van der Waals surface area (Å²) in [7, 11) is 0. The average molecular weight is 213 g/mol. The molecule has 0 bridgehead atoms. The van der Waals surface area contributed by atoms with E-state index in [2.05, 4.69) is 13.8 Å². The highest BCUT2D eigenvalue weighted by molar-refractivity contribution is 5.83. The Bertz CT molecular complexity index is 176. The summed E-state index contributed by atoms with van der Waals surface area (Å²) in [6.07, 6.45) is 6.82. The second kappa shape index (κ2) is 6.83. The van der Waals surface area contributed by atoms with Gasteiger partial charge >= 0.3 is 0 Å². The number of carbonyl (C=O) groups excluding carboxylic acids is 1. The number of unbranched alkanes of at least 4 members (excludes halogenated alkanes) is 3. The standard InChI is InChI=1S/C12H23NO2/c1-3-5-7-8-11-10-13(12(11)14)15-9-6-4-2/h11H,3-10H2,1-2H3/t11-/m1/s1. The van der Waals surface area contributed by atoms with Crippen LogP contribution in [-0.2, 0) is 9.63 Å². The highest BCUT2D eigenvalue weighted by atomic mass is 16.7. The zero-order chi connectivity index (χ0) is 11.1. The molecule has 0 unspecified atom stereocenters. The largest absolute Gasteiger partial charge is 0.272 e. The zero-order valence-electron chi connectivity index (χ0n) is 10.00. The third-order valence-electron chi connectivity index (χ3n) is 2.88. The SMILES string of the molecule is CCCCC[C@@H]1CN(OCCCC)C1=O. The predicted molar refractivity (Wildman–Crippen MR) is 60.2 cm³/mol. The molecule has 0 aromatic carbocycles. The number of nitrogens with zero attached hydrogens (tertiary/aromatic N) is 1. The van der Waals surface area contributed by atoms with Crippen LogP contribution in [0.1, 0.15) is 52.4 Å². The van der Waals surface area contributed by atoms with Crippen LogP contribution in [0.5, 0.6) is 0 Å². The van der Waals surface area contributed by atoms with Crippen LogP contribution >= 0.6 is 0 Å². The number of amides is 1. The van der Waals surface area contributed by atoms with Crippen molar-refractivity contribution in [1.29, 1.82) is 0 Å². The molecule has 3 nitrogen and oxygen atoms in total. The lowest BCUT2D eigenvalue weighted by Gasteiger charge is -2.37. The Morgan fingerprint density at radius 1 is 1.27 bits per heavy atom. The van der Waals surface area contributed by atoms with E-state index in [4.69, 9.17) is 4.84 Å². The van der Waals surface area contributed by atoms with Gasteiger partial charge in [0.2, 0.25) is 0 Å². The molecule has 1 atom stereocenters. The summed E-state index contributed by atoms with van der Waals surface area (Å²) in [5, 5.41) is 1.53. The van der Waals surface area contributed by atoms with E-state index in [0.717, 1.165) is 25.8 Å². The lowest BCUT2D eigenvalue weighted by molar-refractivity contribution is -0.221. The van der Waals surface area contributed by atoms with Crippen LogP contribution in [0, 0.1) is 5.92 Å². The summed E-state index contributed by atoms with van der Waals surface area (Å²) in [6.45, 7) is 5.80. The normalized spacial score (nSPS) is 20.5. The highest BCUT2D eigenvalue weighted by Crippen LogP contribution is 2.23. The highest BCUT2D eigenvalue weighted by Gasteiger charge is 2.36. The lowest BCUT2D eigenvalue weighted by atomic mass is 9.94. The van der Waals surface area contributed by atoms with E-state index in [1.54, 1.807) is 0 Å². The Morgan fingerprint density at radius 3 is 2.60 bits per heavy atom. The Morgan fingerprint density at radius 2 is 2.00 bits per heavy atom. The van der Waals surface area contributed by atoms with Gasteiger partial charge in [-0.15, -0.1) is 0 Å². The minimum Gasteiger partial charge on any atom is -0.272 e. The van der Waals surface area contributed by atoms with Crippen molar-refractivity contribution in [3.8, 4) is 0 Å². The smallest absolute Gasteiger partial charge is 0.251 e. The van der Waals surface area contributed by atoms with Crippen molar-refractivity contribution in [3.05, 3.63) is 0 Å². The molecule has 3 heteroatoms. The van der Waals surface area contributed by atoms with Gasteiger partial charge in [-0.25, -0.2) is 5.06 Å². The molecule has 0 saturated carbocycles. The first-order chi connectivity index (χ1) is 7.29. The summed E-state index contributed by atoms with van der Waals surface area (Å²) in [4.78, 5) is 16.9. The summed E-state index contributed by atoms with van der Waals surface area (Å²) in [5.41, 5.74) is 0. The molecular weight excluding hydrogens is 190 g/mol. The molecular formula is C12H23NO2. The molecule has 0 radical (unpaired) electrons. The molecule has 0 aromatic rings. The first kappa shape index (κ1) is 12.5. The summed E-state index contributed by atoms with van der Waals surface area (Å²) in [6, 6.07) is 0. The Balaban J connectivity index is 2.04. The molecule has 1 fully saturated rings. The maximum Gasteiger partial charge on any atom is 0.251 e. The van der Waals surface area contributed by atoms with Crippen molar-refractivity contribution < 1.29 is 9.63 Å². The molecule has 1 heterocycles. The molecule has 1 aliphatic heterocycles. The van der Waals surface area contributed by atoms with Crippen LogP contribution < -0.4 is 0 Å². The quantitative estimate of drug-likeness (QED) is 0.458. The van der Waals surface area contributed by atoms with Crippen LogP contribution in [0.15, 0.2) is 0 Å². The summed E-state index contributed by atoms with van der Waals surface area (Å²) < 4.78 is 0. The topological polar surface area (TPSA) is 29.5 Å². The third kappa shape index (κ3) is 3.82. The van der Waals surface area contributed by atoms with Gasteiger partial charge in [0.25, 0.3) is 5.91 Å². The van der Waals surface area contributed by atoms with Gasteiger partial charge in [0.15, 0.2) is 0 Å². The monoisotopic (exact) mass is 213 g/mol. The van der Waals surface area contributed by atoms with E-state index in [-0.39, 0.29) is 11.8 Å². The summed E-state index contributed by atoms with van der Waals surface area (Å²) in [5.74, 6) is 0.445. The number of hydrogen-bond donors (Lipinski definition) is 0. The maximum absolute atomic E-state index is 11.6. The molecule has 0 spiro atoms. The van der Waals surface area contributed by atoms with Gasteiger partial charge in [0.05, 0.1) is 19.1 Å². The van der Waals surface area contributed by atoms with E-state index in [1.807, 2.05) is 0 Å². The van der Waals surface area contributed by atoms with Crippen LogP contribution in [0.4, 0.5) is 0 Å². The fourth-order valence-electron chi connectivity index (χ4n) is 1.75. The minimum absolute atomic E-state index is 0.196. The second-order valence-corrected chi connectivity index (χ2v) is 4.28.